The Labute approximate surface area is 527 Å². The average Bonchev–Trinajstić information content (AvgIpc) is 1.01. The highest BCUT2D eigenvalue weighted by molar-refractivity contribution is 5.32. The zero-order chi connectivity index (χ0) is 61.8. The minimum atomic E-state index is -0.238. The Bertz CT molecular complexity index is 2610. The van der Waals surface area contributed by atoms with Gasteiger partial charge in [0, 0.05) is 0 Å². The molecule has 0 saturated heterocycles. The van der Waals surface area contributed by atoms with Crippen molar-refractivity contribution in [3.05, 3.63) is 155 Å². The molecule has 0 spiro atoms. The molecule has 0 aliphatic heterocycles. The average molecular weight is 1190 g/mol. The summed E-state index contributed by atoms with van der Waals surface area (Å²) in [5, 5.41) is 0. The Balaban J connectivity index is 0.000000151. The van der Waals surface area contributed by atoms with Gasteiger partial charge in [-0.1, -0.05) is 148 Å². The zero-order valence-electron chi connectivity index (χ0n) is 56.0. The Morgan fingerprint density at radius 3 is 1.14 bits per heavy atom. The Kier molecular flexibility index (Phi) is 26.5. The lowest BCUT2D eigenvalue weighted by Crippen LogP contribution is -2.52. The van der Waals surface area contributed by atoms with Crippen LogP contribution in [-0.4, -0.2) is 51.6 Å². The number of hydrogen-bond donors (Lipinski definition) is 0. The fraction of sp³-hybridized carbons (Fsp3) is 0.620. The van der Waals surface area contributed by atoms with Crippen LogP contribution < -0.4 is 18.9 Å². The maximum atomic E-state index is 6.32. The standard InChI is InChI=1S/C22H32O2.C21H30O2.C20H26O2.C16H26O2/c1-3-16(2)20-4-6-21(7-5-20)24-15-23-14-22-11-17-8-18(12-22)10-19(9-17)13-22;1-3-15(2)19-4-6-20(7-5-19)22-14-23-21-11-16-8-17(12-21)10-18(9-16)13-21;1-4-16(2)19-10-12-20(13-11-19)22-17(3)21-15-14-18-8-6-5-7-9-18;1-6-13(4)15-7-9-16(10-8-15)18-14(5)17-11-12(2)3/h4-7,16-19H,3,8-15H2,1-2H3;4-7,15-18H,3,8-14H2,1-2H3;5-13,16-17H,4,14-15H2,1-3H3;7-10,12-14H,6,11H2,1-5H3. The van der Waals surface area contributed by atoms with Gasteiger partial charge in [0.2, 0.25) is 0 Å². The van der Waals surface area contributed by atoms with Gasteiger partial charge in [0.05, 0.1) is 25.4 Å². The first-order valence-corrected chi connectivity index (χ1v) is 34.5. The van der Waals surface area contributed by atoms with Gasteiger partial charge < -0.3 is 37.9 Å². The summed E-state index contributed by atoms with van der Waals surface area (Å²) in [6, 6.07) is 44.1. The highest BCUT2D eigenvalue weighted by Gasteiger charge is 2.52. The van der Waals surface area contributed by atoms with Crippen molar-refractivity contribution in [2.24, 2.45) is 46.8 Å². The first kappa shape index (κ1) is 68.1. The fourth-order valence-electron chi connectivity index (χ4n) is 15.5. The third-order valence-electron chi connectivity index (χ3n) is 20.6. The smallest absolute Gasteiger partial charge is 0.196 e. The van der Waals surface area contributed by atoms with E-state index in [1.165, 1.54) is 118 Å². The maximum absolute atomic E-state index is 6.32. The van der Waals surface area contributed by atoms with E-state index in [4.69, 9.17) is 37.9 Å². The van der Waals surface area contributed by atoms with E-state index in [1.807, 2.05) is 56.3 Å². The van der Waals surface area contributed by atoms with Crippen LogP contribution in [0.15, 0.2) is 127 Å². The monoisotopic (exact) mass is 1190 g/mol. The van der Waals surface area contributed by atoms with Crippen LogP contribution in [0.2, 0.25) is 0 Å². The highest BCUT2D eigenvalue weighted by atomic mass is 16.7. The van der Waals surface area contributed by atoms with Crippen LogP contribution in [0.25, 0.3) is 0 Å². The molecule has 0 aromatic heterocycles. The number of benzene rings is 5. The number of ether oxygens (including phenoxy) is 8. The first-order chi connectivity index (χ1) is 42.0. The molecule has 8 saturated carbocycles. The predicted molar refractivity (Wildman–Crippen MR) is 357 cm³/mol. The van der Waals surface area contributed by atoms with Crippen molar-refractivity contribution in [3.8, 4) is 23.0 Å². The van der Waals surface area contributed by atoms with Crippen molar-refractivity contribution < 1.29 is 37.9 Å². The predicted octanol–water partition coefficient (Wildman–Crippen LogP) is 21.1. The van der Waals surface area contributed by atoms with E-state index < -0.39 is 0 Å². The summed E-state index contributed by atoms with van der Waals surface area (Å²) in [5.74, 6) is 12.3. The van der Waals surface area contributed by atoms with Crippen molar-refractivity contribution in [1.29, 1.82) is 0 Å². The topological polar surface area (TPSA) is 73.8 Å². The molecule has 0 heterocycles. The molecule has 6 atom stereocenters. The molecular formula is C79H114O8. The van der Waals surface area contributed by atoms with Crippen LogP contribution in [-0.2, 0) is 25.4 Å². The highest BCUT2D eigenvalue weighted by Crippen LogP contribution is 2.60. The Morgan fingerprint density at radius 1 is 0.402 bits per heavy atom. The van der Waals surface area contributed by atoms with E-state index in [-0.39, 0.29) is 18.2 Å². The summed E-state index contributed by atoms with van der Waals surface area (Å²) >= 11 is 0. The summed E-state index contributed by atoms with van der Waals surface area (Å²) in [5.41, 5.74) is 7.41. The molecule has 8 heteroatoms. The minimum absolute atomic E-state index is 0.144. The number of rotatable bonds is 28. The molecule has 0 N–H and O–H groups in total. The minimum Gasteiger partial charge on any atom is -0.468 e. The molecule has 5 aromatic rings. The van der Waals surface area contributed by atoms with Crippen molar-refractivity contribution in [2.75, 3.05) is 33.4 Å². The molecule has 6 unspecified atom stereocenters. The SMILES string of the molecule is CCC(C)c1ccc(OC(C)OCC(C)C)cc1.CCC(C)c1ccc(OC(C)OCCc2ccccc2)cc1.CCC(C)c1ccc(OCOC23CC4CC(CC(C4)C2)C3)cc1.CCC(C)c1ccc(OCOCC23CC4CC(CC(C4)C2)C3)cc1. The molecule has 13 rings (SSSR count). The maximum Gasteiger partial charge on any atom is 0.196 e. The lowest BCUT2D eigenvalue weighted by atomic mass is 9.50. The molecule has 8 fully saturated rings. The Hall–Kier alpha value is -4.86. The van der Waals surface area contributed by atoms with Gasteiger partial charge in [-0.05, 0) is 270 Å². The lowest BCUT2D eigenvalue weighted by Gasteiger charge is -2.56. The summed E-state index contributed by atoms with van der Waals surface area (Å²) in [4.78, 5) is 0. The van der Waals surface area contributed by atoms with E-state index in [2.05, 4.69) is 154 Å². The van der Waals surface area contributed by atoms with E-state index in [1.54, 1.807) is 0 Å². The van der Waals surface area contributed by atoms with Gasteiger partial charge in [-0.25, -0.2) is 0 Å². The van der Waals surface area contributed by atoms with Crippen molar-refractivity contribution in [1.82, 2.24) is 0 Å². The summed E-state index contributed by atoms with van der Waals surface area (Å²) in [6.07, 6.45) is 22.0. The van der Waals surface area contributed by atoms with Crippen LogP contribution in [0, 0.1) is 46.8 Å². The van der Waals surface area contributed by atoms with Gasteiger partial charge in [-0.2, -0.15) is 0 Å². The van der Waals surface area contributed by atoms with Gasteiger partial charge in [-0.15, -0.1) is 0 Å². The van der Waals surface area contributed by atoms with E-state index in [9.17, 15) is 0 Å². The van der Waals surface area contributed by atoms with Crippen LogP contribution in [0.4, 0.5) is 0 Å². The Morgan fingerprint density at radius 2 is 0.759 bits per heavy atom. The molecule has 8 bridgehead atoms. The van der Waals surface area contributed by atoms with Gasteiger partial charge in [0.25, 0.3) is 0 Å². The second kappa shape index (κ2) is 33.8. The van der Waals surface area contributed by atoms with Crippen LogP contribution in [0.5, 0.6) is 23.0 Å². The summed E-state index contributed by atoms with van der Waals surface area (Å²) in [7, 11) is 0. The van der Waals surface area contributed by atoms with Gasteiger partial charge >= 0.3 is 0 Å². The molecule has 5 aromatic carbocycles. The molecule has 87 heavy (non-hydrogen) atoms. The van der Waals surface area contributed by atoms with Crippen molar-refractivity contribution in [2.45, 2.75) is 234 Å². The van der Waals surface area contributed by atoms with Crippen molar-refractivity contribution >= 4 is 0 Å². The zero-order valence-corrected chi connectivity index (χ0v) is 56.0. The van der Waals surface area contributed by atoms with Crippen LogP contribution >= 0.6 is 0 Å². The third-order valence-corrected chi connectivity index (χ3v) is 20.6. The third kappa shape index (κ3) is 21.1. The normalized spacial score (nSPS) is 25.7. The molecule has 0 radical (unpaired) electrons. The first-order valence-electron chi connectivity index (χ1n) is 34.5. The fourth-order valence-corrected chi connectivity index (χ4v) is 15.5. The second-order valence-electron chi connectivity index (χ2n) is 28.3. The van der Waals surface area contributed by atoms with E-state index >= 15 is 0 Å². The van der Waals surface area contributed by atoms with Gasteiger partial charge in [-0.3, -0.25) is 0 Å². The van der Waals surface area contributed by atoms with E-state index in [0.29, 0.717) is 55.2 Å². The molecule has 0 amide bonds. The molecule has 8 nitrogen and oxygen atoms in total. The summed E-state index contributed by atoms with van der Waals surface area (Å²) in [6.45, 7) is 29.1. The number of hydrogen-bond acceptors (Lipinski definition) is 8. The summed E-state index contributed by atoms with van der Waals surface area (Å²) < 4.78 is 46.8. The second-order valence-corrected chi connectivity index (χ2v) is 28.3. The quantitative estimate of drug-likeness (QED) is 0.0362. The van der Waals surface area contributed by atoms with Crippen molar-refractivity contribution in [3.63, 3.8) is 0 Å². The molecule has 8 aliphatic carbocycles. The largest absolute Gasteiger partial charge is 0.468 e. The van der Waals surface area contributed by atoms with E-state index in [0.717, 1.165) is 91.0 Å². The molecular weight excluding hydrogens is 1080 g/mol. The van der Waals surface area contributed by atoms with Crippen LogP contribution in [0.3, 0.4) is 0 Å². The van der Waals surface area contributed by atoms with Gasteiger partial charge in [0.1, 0.15) is 23.0 Å². The van der Waals surface area contributed by atoms with Gasteiger partial charge in [0.15, 0.2) is 26.2 Å². The molecule has 8 aliphatic rings. The molecule has 478 valence electrons. The lowest BCUT2D eigenvalue weighted by molar-refractivity contribution is -0.190. The van der Waals surface area contributed by atoms with Crippen LogP contribution in [0.1, 0.15) is 237 Å².